The van der Waals surface area contributed by atoms with Crippen molar-refractivity contribution in [1.29, 1.82) is 0 Å². The summed E-state index contributed by atoms with van der Waals surface area (Å²) in [6, 6.07) is 7.58. The van der Waals surface area contributed by atoms with Crippen LogP contribution in [0.4, 0.5) is 0 Å². The van der Waals surface area contributed by atoms with Gasteiger partial charge in [0.2, 0.25) is 0 Å². The monoisotopic (exact) mass is 253 g/mol. The summed E-state index contributed by atoms with van der Waals surface area (Å²) in [5, 5.41) is 0.742. The Kier molecular flexibility index (Phi) is 3.99. The van der Waals surface area contributed by atoms with E-state index in [0.717, 1.165) is 30.0 Å². The summed E-state index contributed by atoms with van der Waals surface area (Å²) in [4.78, 5) is 13.7. The Morgan fingerprint density at radius 2 is 2.29 bits per heavy atom. The average molecular weight is 254 g/mol. The number of benzene rings is 1. The third-order valence-electron chi connectivity index (χ3n) is 3.14. The van der Waals surface area contributed by atoms with Crippen molar-refractivity contribution in [2.24, 2.45) is 5.84 Å². The number of halogens is 1. The third kappa shape index (κ3) is 2.77. The van der Waals surface area contributed by atoms with Gasteiger partial charge >= 0.3 is 0 Å². The summed E-state index contributed by atoms with van der Waals surface area (Å²) in [5.74, 6) is 5.07. The van der Waals surface area contributed by atoms with E-state index in [2.05, 4.69) is 10.3 Å². The fourth-order valence-corrected chi connectivity index (χ4v) is 2.45. The normalized spacial score (nSPS) is 20.5. The van der Waals surface area contributed by atoms with Crippen molar-refractivity contribution < 1.29 is 4.79 Å². The van der Waals surface area contributed by atoms with Gasteiger partial charge in [-0.1, -0.05) is 29.8 Å². The number of amides is 1. The minimum atomic E-state index is -0.128. The zero-order chi connectivity index (χ0) is 12.3. The molecule has 0 radical (unpaired) electrons. The van der Waals surface area contributed by atoms with Gasteiger partial charge in [0.15, 0.2) is 0 Å². The molecule has 1 saturated heterocycles. The van der Waals surface area contributed by atoms with Crippen LogP contribution in [-0.2, 0) is 11.3 Å². The van der Waals surface area contributed by atoms with Crippen LogP contribution < -0.4 is 11.3 Å². The molecule has 1 aromatic rings. The predicted octanol–water partition coefficient (Wildman–Crippen LogP) is 1.29. The van der Waals surface area contributed by atoms with Crippen LogP contribution in [0, 0.1) is 0 Å². The van der Waals surface area contributed by atoms with Gasteiger partial charge in [-0.2, -0.15) is 0 Å². The maximum Gasteiger partial charge on any atom is 0.251 e. The second-order valence-corrected chi connectivity index (χ2v) is 4.64. The quantitative estimate of drug-likeness (QED) is 0.485. The van der Waals surface area contributed by atoms with Gasteiger partial charge in [0.05, 0.1) is 6.04 Å². The molecule has 92 valence electrons. The van der Waals surface area contributed by atoms with Crippen molar-refractivity contribution in [3.05, 3.63) is 34.9 Å². The highest BCUT2D eigenvalue weighted by Gasteiger charge is 2.30. The molecule has 1 aromatic carbocycles. The van der Waals surface area contributed by atoms with Crippen molar-refractivity contribution in [2.45, 2.75) is 25.4 Å². The summed E-state index contributed by atoms with van der Waals surface area (Å²) in [6.45, 7) is 1.60. The van der Waals surface area contributed by atoms with E-state index in [4.69, 9.17) is 17.4 Å². The lowest BCUT2D eigenvalue weighted by Gasteiger charge is -2.23. The van der Waals surface area contributed by atoms with Crippen LogP contribution in [0.3, 0.4) is 0 Å². The van der Waals surface area contributed by atoms with Crippen molar-refractivity contribution in [1.82, 2.24) is 10.3 Å². The molecule has 0 spiro atoms. The molecule has 1 atom stereocenters. The number of likely N-dealkylation sites (tertiary alicyclic amines) is 1. The Hall–Kier alpha value is -1.10. The number of hydrogen-bond donors (Lipinski definition) is 2. The fraction of sp³-hybridized carbons (Fsp3) is 0.417. The van der Waals surface area contributed by atoms with Crippen LogP contribution in [0.25, 0.3) is 0 Å². The number of carbonyl (C=O) groups is 1. The Morgan fingerprint density at radius 1 is 1.53 bits per heavy atom. The van der Waals surface area contributed by atoms with Crippen molar-refractivity contribution >= 4 is 17.5 Å². The van der Waals surface area contributed by atoms with Crippen molar-refractivity contribution in [3.8, 4) is 0 Å². The van der Waals surface area contributed by atoms with E-state index >= 15 is 0 Å². The van der Waals surface area contributed by atoms with E-state index in [1.807, 2.05) is 24.3 Å². The molecular formula is C12H16ClN3O. The zero-order valence-corrected chi connectivity index (χ0v) is 10.3. The maximum absolute atomic E-state index is 11.6. The molecule has 0 saturated carbocycles. The third-order valence-corrected chi connectivity index (χ3v) is 3.51. The van der Waals surface area contributed by atoms with Crippen molar-refractivity contribution in [2.75, 3.05) is 6.54 Å². The second-order valence-electron chi connectivity index (χ2n) is 4.23. The highest BCUT2D eigenvalue weighted by atomic mass is 35.5. The number of nitrogens with two attached hydrogens (primary N) is 1. The summed E-state index contributed by atoms with van der Waals surface area (Å²) < 4.78 is 0. The van der Waals surface area contributed by atoms with Gasteiger partial charge in [-0.25, -0.2) is 5.84 Å². The molecule has 1 amide bonds. The molecule has 17 heavy (non-hydrogen) atoms. The topological polar surface area (TPSA) is 58.4 Å². The highest BCUT2D eigenvalue weighted by molar-refractivity contribution is 6.31. The van der Waals surface area contributed by atoms with Gasteiger partial charge in [-0.15, -0.1) is 0 Å². The molecule has 3 N–H and O–H groups in total. The molecule has 1 aliphatic heterocycles. The number of hydrazine groups is 1. The van der Waals surface area contributed by atoms with Crippen LogP contribution in [0.15, 0.2) is 24.3 Å². The minimum Gasteiger partial charge on any atom is -0.293 e. The molecule has 4 nitrogen and oxygen atoms in total. The number of carbonyl (C=O) groups excluding carboxylic acids is 1. The summed E-state index contributed by atoms with van der Waals surface area (Å²) >= 11 is 6.11. The lowest BCUT2D eigenvalue weighted by molar-refractivity contribution is -0.125. The number of nitrogens with zero attached hydrogens (tertiary/aromatic N) is 1. The second kappa shape index (κ2) is 5.49. The summed E-state index contributed by atoms with van der Waals surface area (Å²) in [7, 11) is 0. The molecule has 2 rings (SSSR count). The fourth-order valence-electron chi connectivity index (χ4n) is 2.25. The first-order valence-corrected chi connectivity index (χ1v) is 6.08. The van der Waals surface area contributed by atoms with Crippen molar-refractivity contribution in [3.63, 3.8) is 0 Å². The number of nitrogens with one attached hydrogen (secondary N) is 1. The van der Waals surface area contributed by atoms with Gasteiger partial charge in [-0.05, 0) is 31.0 Å². The first-order chi connectivity index (χ1) is 8.22. The molecule has 0 aliphatic carbocycles. The van der Waals surface area contributed by atoms with Crippen LogP contribution >= 0.6 is 11.6 Å². The van der Waals surface area contributed by atoms with Gasteiger partial charge in [-0.3, -0.25) is 15.1 Å². The summed E-state index contributed by atoms with van der Waals surface area (Å²) in [6.07, 6.45) is 1.87. The van der Waals surface area contributed by atoms with Gasteiger partial charge in [0, 0.05) is 11.6 Å². The molecule has 1 fully saturated rings. The summed E-state index contributed by atoms with van der Waals surface area (Å²) in [5.41, 5.74) is 3.27. The van der Waals surface area contributed by atoms with E-state index in [0.29, 0.717) is 6.54 Å². The lowest BCUT2D eigenvalue weighted by Crippen LogP contribution is -2.45. The maximum atomic E-state index is 11.6. The van der Waals surface area contributed by atoms with E-state index in [-0.39, 0.29) is 11.9 Å². The van der Waals surface area contributed by atoms with Gasteiger partial charge < -0.3 is 0 Å². The van der Waals surface area contributed by atoms with E-state index < -0.39 is 0 Å². The molecule has 1 heterocycles. The molecule has 0 aromatic heterocycles. The minimum absolute atomic E-state index is 0.116. The van der Waals surface area contributed by atoms with Gasteiger partial charge in [0.1, 0.15) is 0 Å². The smallest absolute Gasteiger partial charge is 0.251 e. The SMILES string of the molecule is NNC(=O)[C@@H]1CCCN1Cc1ccccc1Cl. The zero-order valence-electron chi connectivity index (χ0n) is 9.53. The van der Waals surface area contributed by atoms with Gasteiger partial charge in [0.25, 0.3) is 5.91 Å². The average Bonchev–Trinajstić information content (AvgIpc) is 2.79. The van der Waals surface area contributed by atoms with E-state index in [9.17, 15) is 4.79 Å². The lowest BCUT2D eigenvalue weighted by atomic mass is 10.1. The standard InChI is InChI=1S/C12H16ClN3O/c13-10-5-2-1-4-9(10)8-16-7-3-6-11(16)12(17)15-14/h1-2,4-5,11H,3,6-8,14H2,(H,15,17)/t11-/m0/s1. The van der Waals surface area contributed by atoms with Crippen LogP contribution in [0.2, 0.25) is 5.02 Å². The highest BCUT2D eigenvalue weighted by Crippen LogP contribution is 2.23. The molecule has 0 bridgehead atoms. The van der Waals surface area contributed by atoms with E-state index in [1.165, 1.54) is 0 Å². The Bertz CT molecular complexity index is 410. The molecule has 1 aliphatic rings. The Balaban J connectivity index is 2.08. The first-order valence-electron chi connectivity index (χ1n) is 5.70. The number of rotatable bonds is 3. The molecular weight excluding hydrogens is 238 g/mol. The Morgan fingerprint density at radius 3 is 3.00 bits per heavy atom. The van der Waals surface area contributed by atoms with Crippen LogP contribution in [-0.4, -0.2) is 23.4 Å². The van der Waals surface area contributed by atoms with E-state index in [1.54, 1.807) is 0 Å². The first kappa shape index (κ1) is 12.4. The Labute approximate surface area is 106 Å². The van der Waals surface area contributed by atoms with Crippen LogP contribution in [0.1, 0.15) is 18.4 Å². The predicted molar refractivity (Wildman–Crippen MR) is 67.2 cm³/mol. The largest absolute Gasteiger partial charge is 0.293 e. The molecule has 5 heteroatoms. The number of hydrogen-bond acceptors (Lipinski definition) is 3. The molecule has 0 unspecified atom stereocenters. The van der Waals surface area contributed by atoms with Crippen LogP contribution in [0.5, 0.6) is 0 Å².